The molecule has 0 N–H and O–H groups in total. The van der Waals surface area contributed by atoms with Gasteiger partial charge in [-0.05, 0) is 48.5 Å². The molecule has 0 saturated carbocycles. The number of ether oxygens (including phenoxy) is 3. The van der Waals surface area contributed by atoms with Crippen LogP contribution in [0.4, 0.5) is 4.39 Å². The van der Waals surface area contributed by atoms with Gasteiger partial charge in [0, 0.05) is 44.4 Å². The lowest BCUT2D eigenvalue weighted by molar-refractivity contribution is -0.0347. The summed E-state index contributed by atoms with van der Waals surface area (Å²) in [6.45, 7) is 2.24. The van der Waals surface area contributed by atoms with Gasteiger partial charge in [-0.2, -0.15) is 0 Å². The largest absolute Gasteiger partial charge is 0.497 e. The number of methoxy groups -OCH3 is 2. The summed E-state index contributed by atoms with van der Waals surface area (Å²) in [4.78, 5) is 29.2. The first-order valence-corrected chi connectivity index (χ1v) is 10.1. The van der Waals surface area contributed by atoms with E-state index < -0.39 is 5.82 Å². The second-order valence-electron chi connectivity index (χ2n) is 7.22. The van der Waals surface area contributed by atoms with Crippen molar-refractivity contribution in [3.05, 3.63) is 65.5 Å². The monoisotopic (exact) mass is 430 g/mol. The zero-order valence-electron chi connectivity index (χ0n) is 17.8. The van der Waals surface area contributed by atoms with Gasteiger partial charge in [0.2, 0.25) is 0 Å². The van der Waals surface area contributed by atoms with Gasteiger partial charge in [-0.25, -0.2) is 4.39 Å². The molecule has 166 valence electrons. The third kappa shape index (κ3) is 6.02. The van der Waals surface area contributed by atoms with E-state index in [0.717, 1.165) is 0 Å². The van der Waals surface area contributed by atoms with Crippen molar-refractivity contribution in [1.29, 1.82) is 0 Å². The first-order chi connectivity index (χ1) is 15.0. The summed E-state index contributed by atoms with van der Waals surface area (Å²) in [5.74, 6) is -0.0451. The van der Waals surface area contributed by atoms with Crippen molar-refractivity contribution >= 4 is 11.8 Å². The second kappa shape index (κ2) is 10.9. The molecule has 1 aliphatic rings. The van der Waals surface area contributed by atoms with Crippen molar-refractivity contribution in [3.63, 3.8) is 0 Å². The molecular formula is C23H27FN2O5. The average Bonchev–Trinajstić information content (AvgIpc) is 2.81. The molecule has 0 spiro atoms. The zero-order valence-corrected chi connectivity index (χ0v) is 17.8. The number of halogens is 1. The maximum Gasteiger partial charge on any atom is 0.254 e. The van der Waals surface area contributed by atoms with E-state index in [4.69, 9.17) is 14.2 Å². The maximum absolute atomic E-state index is 13.2. The SMILES string of the molecule is COCCN(CC1CN(C(=O)c2ccc(OC)cc2)CCO1)C(=O)c1ccc(F)cc1. The molecule has 1 unspecified atom stereocenters. The van der Waals surface area contributed by atoms with Crippen LogP contribution in [0, 0.1) is 5.82 Å². The summed E-state index contributed by atoms with van der Waals surface area (Å²) in [7, 11) is 3.14. The molecule has 0 aromatic heterocycles. The average molecular weight is 430 g/mol. The minimum absolute atomic E-state index is 0.0933. The van der Waals surface area contributed by atoms with Crippen molar-refractivity contribution in [2.45, 2.75) is 6.10 Å². The maximum atomic E-state index is 13.2. The first-order valence-electron chi connectivity index (χ1n) is 10.1. The predicted octanol–water partition coefficient (Wildman–Crippen LogP) is 2.46. The Morgan fingerprint density at radius 2 is 1.77 bits per heavy atom. The molecule has 1 heterocycles. The Hall–Kier alpha value is -2.97. The second-order valence-corrected chi connectivity index (χ2v) is 7.22. The van der Waals surface area contributed by atoms with Gasteiger partial charge in [0.1, 0.15) is 11.6 Å². The molecule has 7 nitrogen and oxygen atoms in total. The fourth-order valence-corrected chi connectivity index (χ4v) is 3.43. The van der Waals surface area contributed by atoms with Gasteiger partial charge in [0.05, 0.1) is 26.4 Å². The lowest BCUT2D eigenvalue weighted by atomic mass is 10.1. The van der Waals surface area contributed by atoms with E-state index in [-0.39, 0.29) is 17.9 Å². The summed E-state index contributed by atoms with van der Waals surface area (Å²) < 4.78 is 29.3. The quantitative estimate of drug-likeness (QED) is 0.644. The normalized spacial score (nSPS) is 16.1. The number of carbonyl (C=O) groups excluding carboxylic acids is 2. The Bertz CT molecular complexity index is 873. The number of carbonyl (C=O) groups is 2. The number of benzene rings is 2. The molecule has 0 radical (unpaired) electrons. The molecule has 0 bridgehead atoms. The third-order valence-corrected chi connectivity index (χ3v) is 5.13. The van der Waals surface area contributed by atoms with Gasteiger partial charge in [-0.15, -0.1) is 0 Å². The number of nitrogens with zero attached hydrogens (tertiary/aromatic N) is 2. The summed E-state index contributed by atoms with van der Waals surface area (Å²) in [6.07, 6.45) is -0.336. The molecule has 0 aliphatic carbocycles. The van der Waals surface area contributed by atoms with Crippen LogP contribution in [0.25, 0.3) is 0 Å². The standard InChI is InChI=1S/C23H27FN2O5/c1-29-13-11-25(22(27)17-3-7-19(24)8-4-17)15-21-16-26(12-14-31-21)23(28)18-5-9-20(30-2)10-6-18/h3-10,21H,11-16H2,1-2H3. The Morgan fingerprint density at radius 3 is 2.42 bits per heavy atom. The van der Waals surface area contributed by atoms with Crippen molar-refractivity contribution < 1.29 is 28.2 Å². The van der Waals surface area contributed by atoms with Crippen LogP contribution >= 0.6 is 0 Å². The summed E-state index contributed by atoms with van der Waals surface area (Å²) >= 11 is 0. The van der Waals surface area contributed by atoms with Gasteiger partial charge >= 0.3 is 0 Å². The first kappa shape index (κ1) is 22.7. The molecule has 2 aromatic carbocycles. The third-order valence-electron chi connectivity index (χ3n) is 5.13. The summed E-state index contributed by atoms with van der Waals surface area (Å²) in [5, 5.41) is 0. The Morgan fingerprint density at radius 1 is 1.10 bits per heavy atom. The predicted molar refractivity (Wildman–Crippen MR) is 113 cm³/mol. The van der Waals surface area contributed by atoms with Gasteiger partial charge in [-0.3, -0.25) is 9.59 Å². The lowest BCUT2D eigenvalue weighted by Gasteiger charge is -2.36. The molecule has 31 heavy (non-hydrogen) atoms. The van der Waals surface area contributed by atoms with Crippen molar-refractivity contribution in [2.75, 3.05) is 53.6 Å². The smallest absolute Gasteiger partial charge is 0.254 e. The van der Waals surface area contributed by atoms with E-state index >= 15 is 0 Å². The van der Waals surface area contributed by atoms with Crippen LogP contribution < -0.4 is 4.74 Å². The highest BCUT2D eigenvalue weighted by molar-refractivity contribution is 5.95. The molecule has 2 amide bonds. The van der Waals surface area contributed by atoms with Gasteiger partial charge in [0.15, 0.2) is 0 Å². The Labute approximate surface area is 181 Å². The van der Waals surface area contributed by atoms with Crippen LogP contribution in [0.1, 0.15) is 20.7 Å². The number of rotatable bonds is 8. The van der Waals surface area contributed by atoms with Crippen LogP contribution in [0.2, 0.25) is 0 Å². The molecule has 1 atom stereocenters. The summed E-state index contributed by atoms with van der Waals surface area (Å²) in [6, 6.07) is 12.4. The Balaban J connectivity index is 1.66. The van der Waals surface area contributed by atoms with E-state index in [1.165, 1.54) is 24.3 Å². The van der Waals surface area contributed by atoms with Crippen LogP contribution in [-0.4, -0.2) is 81.3 Å². The van der Waals surface area contributed by atoms with E-state index in [0.29, 0.717) is 56.3 Å². The van der Waals surface area contributed by atoms with E-state index in [9.17, 15) is 14.0 Å². The highest BCUT2D eigenvalue weighted by Crippen LogP contribution is 2.16. The van der Waals surface area contributed by atoms with E-state index in [2.05, 4.69) is 0 Å². The number of hydrogen-bond donors (Lipinski definition) is 0. The molecule has 1 aliphatic heterocycles. The number of morpholine rings is 1. The minimum atomic E-state index is -0.400. The van der Waals surface area contributed by atoms with Crippen LogP contribution in [0.5, 0.6) is 5.75 Å². The minimum Gasteiger partial charge on any atom is -0.497 e. The topological polar surface area (TPSA) is 68.3 Å². The van der Waals surface area contributed by atoms with Crippen molar-refractivity contribution in [2.24, 2.45) is 0 Å². The van der Waals surface area contributed by atoms with Crippen molar-refractivity contribution in [3.8, 4) is 5.75 Å². The molecule has 1 fully saturated rings. The van der Waals surface area contributed by atoms with Crippen LogP contribution in [0.15, 0.2) is 48.5 Å². The molecule has 1 saturated heterocycles. The molecule has 3 rings (SSSR count). The lowest BCUT2D eigenvalue weighted by Crippen LogP contribution is -2.51. The molecular weight excluding hydrogens is 403 g/mol. The zero-order chi connectivity index (χ0) is 22.2. The van der Waals surface area contributed by atoms with Gasteiger partial charge < -0.3 is 24.0 Å². The van der Waals surface area contributed by atoms with Crippen molar-refractivity contribution in [1.82, 2.24) is 9.80 Å². The van der Waals surface area contributed by atoms with Gasteiger partial charge in [-0.1, -0.05) is 0 Å². The van der Waals surface area contributed by atoms with Gasteiger partial charge in [0.25, 0.3) is 11.8 Å². The highest BCUT2D eigenvalue weighted by atomic mass is 19.1. The van der Waals surface area contributed by atoms with E-state index in [1.54, 1.807) is 48.3 Å². The number of amides is 2. The fourth-order valence-electron chi connectivity index (χ4n) is 3.43. The molecule has 2 aromatic rings. The van der Waals surface area contributed by atoms with Crippen LogP contribution in [-0.2, 0) is 9.47 Å². The van der Waals surface area contributed by atoms with Crippen LogP contribution in [0.3, 0.4) is 0 Å². The Kier molecular flexibility index (Phi) is 7.97. The summed E-state index contributed by atoms with van der Waals surface area (Å²) in [5.41, 5.74) is 0.958. The molecule has 8 heteroatoms. The fraction of sp³-hybridized carbons (Fsp3) is 0.391. The highest BCUT2D eigenvalue weighted by Gasteiger charge is 2.28. The van der Waals surface area contributed by atoms with E-state index in [1.807, 2.05) is 0 Å². The number of hydrogen-bond acceptors (Lipinski definition) is 5.